The van der Waals surface area contributed by atoms with Gasteiger partial charge in [-0.1, -0.05) is 5.04 Å². The van der Waals surface area contributed by atoms with Gasteiger partial charge in [0.25, 0.3) is 0 Å². The Kier molecular flexibility index (Phi) is 5.66. The van der Waals surface area contributed by atoms with Crippen LogP contribution in [0.3, 0.4) is 0 Å². The molecule has 0 aromatic carbocycles. The molecule has 1 fully saturated rings. The number of rotatable bonds is 0. The topological polar surface area (TPSA) is 27.7 Å². The molecule has 1 radical (unpaired) electrons. The molecule has 1 aliphatic heterocycles. The Bertz CT molecular complexity index is 25.7. The summed E-state index contributed by atoms with van der Waals surface area (Å²) in [6.07, 6.45) is 0.931. The van der Waals surface area contributed by atoms with Gasteiger partial charge in [-0.05, 0) is 0 Å². The maximum atomic E-state index is 4.35. The van der Waals surface area contributed by atoms with Gasteiger partial charge in [0.05, 0.1) is 13.2 Å². The van der Waals surface area contributed by atoms with E-state index in [1.165, 1.54) is 0 Å². The smallest absolute Gasteiger partial charge is 0.0877 e. The quantitative estimate of drug-likeness (QED) is 0.324. The first-order valence-corrected chi connectivity index (χ1v) is 1.91. The molecule has 0 spiro atoms. The Morgan fingerprint density at radius 3 is 1.71 bits per heavy atom. The van der Waals surface area contributed by atoms with Crippen LogP contribution in [0.15, 0.2) is 0 Å². The zero-order valence-electron chi connectivity index (χ0n) is 4.35. The van der Waals surface area contributed by atoms with Crippen LogP contribution >= 0.6 is 0 Å². The fraction of sp³-hybridized carbons (Fsp3) is 1.00. The zero-order valence-corrected chi connectivity index (χ0v) is 6.35. The molecule has 0 N–H and O–H groups in total. The van der Waals surface area contributed by atoms with Crippen molar-refractivity contribution in [1.29, 1.82) is 0 Å². The zero-order chi connectivity index (χ0) is 4.24. The molecule has 0 unspecified atom stereocenters. The first-order valence-electron chi connectivity index (χ1n) is 1.91. The van der Waals surface area contributed by atoms with Crippen LogP contribution < -0.4 is 0 Å². The second-order valence-corrected chi connectivity index (χ2v) is 1.07. The first kappa shape index (κ1) is 7.88. The van der Waals surface area contributed by atoms with Gasteiger partial charge in [0.1, 0.15) is 0 Å². The Labute approximate surface area is 64.1 Å². The van der Waals surface area contributed by atoms with Gasteiger partial charge < -0.3 is 0 Å². The van der Waals surface area contributed by atoms with Crippen molar-refractivity contribution in [3.63, 3.8) is 0 Å². The Balaban J connectivity index is 0.000000360. The first-order chi connectivity index (χ1) is 3.00. The minimum absolute atomic E-state index is 0. The maximum absolute atomic E-state index is 4.35. The third-order valence-electron chi connectivity index (χ3n) is 0.552. The van der Waals surface area contributed by atoms with E-state index in [4.69, 9.17) is 0 Å². The second-order valence-electron chi connectivity index (χ2n) is 1.07. The maximum Gasteiger partial charge on any atom is 0.0877 e. The summed E-state index contributed by atoms with van der Waals surface area (Å²) >= 11 is 0. The molecule has 1 heterocycles. The molecule has 37 valence electrons. The van der Waals surface area contributed by atoms with Crippen molar-refractivity contribution in [3.05, 3.63) is 0 Å². The predicted octanol–water partition coefficient (Wildman–Crippen LogP) is -0.111. The van der Waals surface area contributed by atoms with E-state index in [0.717, 1.165) is 6.42 Å². The molecule has 1 aliphatic rings. The van der Waals surface area contributed by atoms with Crippen molar-refractivity contribution in [2.45, 2.75) is 6.42 Å². The van der Waals surface area contributed by atoms with Crippen LogP contribution in [0.25, 0.3) is 0 Å². The summed E-state index contributed by atoms with van der Waals surface area (Å²) in [5, 5.41) is 4.07. The van der Waals surface area contributed by atoms with Gasteiger partial charge >= 0.3 is 0 Å². The van der Waals surface area contributed by atoms with Crippen LogP contribution in [0.1, 0.15) is 6.42 Å². The fourth-order valence-electron chi connectivity index (χ4n) is 0.279. The number of hydrogen-bond acceptors (Lipinski definition) is 3. The molecule has 3 nitrogen and oxygen atoms in total. The van der Waals surface area contributed by atoms with Crippen LogP contribution in [0, 0.1) is 0 Å². The summed E-state index contributed by atoms with van der Waals surface area (Å²) in [5.74, 6) is 0. The SMILES string of the molecule is C1COOOC1.[Na]. The fourth-order valence-corrected chi connectivity index (χ4v) is 0.279. The van der Waals surface area contributed by atoms with E-state index in [-0.39, 0.29) is 29.6 Å². The molecule has 0 bridgehead atoms. The van der Waals surface area contributed by atoms with E-state index in [0.29, 0.717) is 13.2 Å². The van der Waals surface area contributed by atoms with Crippen LogP contribution in [0.4, 0.5) is 0 Å². The molecule has 1 saturated heterocycles. The normalized spacial score (nSPS) is 20.6. The molecular formula is C3H6NaO3. The van der Waals surface area contributed by atoms with Crippen molar-refractivity contribution < 1.29 is 14.8 Å². The third kappa shape index (κ3) is 3.46. The molecule has 0 aromatic rings. The molecule has 4 heteroatoms. The predicted molar refractivity (Wildman–Crippen MR) is 23.4 cm³/mol. The summed E-state index contributed by atoms with van der Waals surface area (Å²) < 4.78 is 0. The van der Waals surface area contributed by atoms with Crippen LogP contribution in [-0.4, -0.2) is 42.8 Å². The van der Waals surface area contributed by atoms with Gasteiger partial charge in [0.15, 0.2) is 0 Å². The van der Waals surface area contributed by atoms with Crippen LogP contribution in [0.5, 0.6) is 0 Å². The van der Waals surface area contributed by atoms with Gasteiger partial charge in [-0.15, -0.1) is 0 Å². The summed E-state index contributed by atoms with van der Waals surface area (Å²) in [4.78, 5) is 8.69. The van der Waals surface area contributed by atoms with Crippen molar-refractivity contribution in [2.24, 2.45) is 0 Å². The molecule has 0 aliphatic carbocycles. The van der Waals surface area contributed by atoms with E-state index in [1.807, 2.05) is 0 Å². The summed E-state index contributed by atoms with van der Waals surface area (Å²) in [5.41, 5.74) is 0. The summed E-state index contributed by atoms with van der Waals surface area (Å²) in [6, 6.07) is 0. The van der Waals surface area contributed by atoms with Crippen molar-refractivity contribution in [1.82, 2.24) is 0 Å². The average Bonchev–Trinajstić information content (AvgIpc) is 1.72. The van der Waals surface area contributed by atoms with E-state index >= 15 is 0 Å². The van der Waals surface area contributed by atoms with Gasteiger partial charge in [-0.25, -0.2) is 9.78 Å². The molecule has 0 atom stereocenters. The molecular weight excluding hydrogens is 107 g/mol. The summed E-state index contributed by atoms with van der Waals surface area (Å²) in [7, 11) is 0. The van der Waals surface area contributed by atoms with Gasteiger partial charge in [-0.3, -0.25) is 0 Å². The van der Waals surface area contributed by atoms with Crippen molar-refractivity contribution >= 4 is 29.6 Å². The van der Waals surface area contributed by atoms with Gasteiger partial charge in [0, 0.05) is 36.0 Å². The third-order valence-corrected chi connectivity index (χ3v) is 0.552. The van der Waals surface area contributed by atoms with Crippen LogP contribution in [0.2, 0.25) is 0 Å². The Morgan fingerprint density at radius 1 is 1.00 bits per heavy atom. The van der Waals surface area contributed by atoms with Gasteiger partial charge in [-0.2, -0.15) is 0 Å². The average molecular weight is 113 g/mol. The monoisotopic (exact) mass is 113 g/mol. The largest absolute Gasteiger partial charge is 0.206 e. The second kappa shape index (κ2) is 5.03. The van der Waals surface area contributed by atoms with Crippen molar-refractivity contribution in [2.75, 3.05) is 13.2 Å². The Morgan fingerprint density at radius 2 is 1.57 bits per heavy atom. The minimum Gasteiger partial charge on any atom is -0.206 e. The molecule has 1 rings (SSSR count). The van der Waals surface area contributed by atoms with Crippen LogP contribution in [-0.2, 0) is 14.8 Å². The van der Waals surface area contributed by atoms with Gasteiger partial charge in [0.2, 0.25) is 0 Å². The Hall–Kier alpha value is 0.880. The number of hydrogen-bond donors (Lipinski definition) is 0. The van der Waals surface area contributed by atoms with E-state index in [1.54, 1.807) is 0 Å². The van der Waals surface area contributed by atoms with Crippen molar-refractivity contribution in [3.8, 4) is 0 Å². The van der Waals surface area contributed by atoms with E-state index in [9.17, 15) is 0 Å². The molecule has 0 aromatic heterocycles. The standard InChI is InChI=1S/C3H6O3.Na/c1-2-4-6-5-3-1;/h1-3H2;. The summed E-state index contributed by atoms with van der Waals surface area (Å²) in [6.45, 7) is 1.31. The van der Waals surface area contributed by atoms with E-state index in [2.05, 4.69) is 14.8 Å². The molecule has 0 saturated carbocycles. The van der Waals surface area contributed by atoms with E-state index < -0.39 is 0 Å². The minimum atomic E-state index is 0. The molecule has 0 amide bonds. The molecule has 7 heavy (non-hydrogen) atoms.